The summed E-state index contributed by atoms with van der Waals surface area (Å²) in [5.74, 6) is 1.63. The minimum atomic E-state index is -0.281. The molecule has 28 heavy (non-hydrogen) atoms. The number of nitrogens with zero attached hydrogens (tertiary/aromatic N) is 1. The van der Waals surface area contributed by atoms with Gasteiger partial charge in [-0.15, -0.1) is 0 Å². The van der Waals surface area contributed by atoms with Gasteiger partial charge >= 0.3 is 0 Å². The minimum Gasteiger partial charge on any atom is -0.455 e. The fourth-order valence-corrected chi connectivity index (χ4v) is 2.63. The predicted octanol–water partition coefficient (Wildman–Crippen LogP) is 5.58. The molecule has 1 aromatic heterocycles. The van der Waals surface area contributed by atoms with E-state index in [0.717, 1.165) is 18.7 Å². The summed E-state index contributed by atoms with van der Waals surface area (Å²) in [4.78, 5) is 16.9. The van der Waals surface area contributed by atoms with Crippen molar-refractivity contribution in [3.8, 4) is 11.5 Å². The van der Waals surface area contributed by atoms with Crippen LogP contribution in [0.3, 0.4) is 0 Å². The van der Waals surface area contributed by atoms with E-state index >= 15 is 0 Å². The van der Waals surface area contributed by atoms with Crippen molar-refractivity contribution in [2.75, 3.05) is 17.2 Å². The highest BCUT2D eigenvalue weighted by Gasteiger charge is 2.12. The highest BCUT2D eigenvalue weighted by molar-refractivity contribution is 6.04. The van der Waals surface area contributed by atoms with E-state index in [-0.39, 0.29) is 5.91 Å². The van der Waals surface area contributed by atoms with Crippen LogP contribution < -0.4 is 15.4 Å². The molecule has 0 unspecified atom stereocenters. The number of hydrogen-bond donors (Lipinski definition) is 2. The Balaban J connectivity index is 1.70. The second-order valence-corrected chi connectivity index (χ2v) is 6.90. The van der Waals surface area contributed by atoms with Crippen LogP contribution in [-0.4, -0.2) is 17.4 Å². The molecule has 144 valence electrons. The van der Waals surface area contributed by atoms with E-state index in [1.54, 1.807) is 18.3 Å². The number of carbonyl (C=O) groups excluding carboxylic acids is 1. The van der Waals surface area contributed by atoms with Crippen LogP contribution in [0.1, 0.15) is 30.8 Å². The van der Waals surface area contributed by atoms with Gasteiger partial charge in [0.2, 0.25) is 0 Å². The number of para-hydroxylation sites is 3. The first-order valence-corrected chi connectivity index (χ1v) is 9.45. The highest BCUT2D eigenvalue weighted by Crippen LogP contribution is 2.29. The largest absolute Gasteiger partial charge is 0.455 e. The first-order valence-electron chi connectivity index (χ1n) is 9.45. The Morgan fingerprint density at radius 1 is 1.04 bits per heavy atom. The summed E-state index contributed by atoms with van der Waals surface area (Å²) in [6, 6.07) is 20.4. The molecule has 3 aromatic rings. The molecule has 3 rings (SSSR count). The standard InChI is InChI=1S/C23H25N3O2/c1-17(2)12-14-24-18-13-15-25-21(16-18)23(27)26-20-10-6-7-11-22(20)28-19-8-4-3-5-9-19/h3-11,13,15-17H,12,14H2,1-2H3,(H,24,25)(H,26,27). The predicted molar refractivity (Wildman–Crippen MR) is 113 cm³/mol. The van der Waals surface area contributed by atoms with E-state index in [4.69, 9.17) is 4.74 Å². The van der Waals surface area contributed by atoms with Gasteiger partial charge in [-0.25, -0.2) is 0 Å². The fourth-order valence-electron chi connectivity index (χ4n) is 2.63. The Kier molecular flexibility index (Phi) is 6.63. The molecule has 0 atom stereocenters. The number of nitrogens with one attached hydrogen (secondary N) is 2. The van der Waals surface area contributed by atoms with Crippen molar-refractivity contribution >= 4 is 17.3 Å². The van der Waals surface area contributed by atoms with Gasteiger partial charge in [-0.2, -0.15) is 0 Å². The summed E-state index contributed by atoms with van der Waals surface area (Å²) in [7, 11) is 0. The maximum absolute atomic E-state index is 12.7. The molecule has 0 aliphatic rings. The molecule has 0 bridgehead atoms. The summed E-state index contributed by atoms with van der Waals surface area (Å²) < 4.78 is 5.90. The summed E-state index contributed by atoms with van der Waals surface area (Å²) >= 11 is 0. The van der Waals surface area contributed by atoms with E-state index in [0.29, 0.717) is 28.8 Å². The molecule has 1 amide bonds. The molecular weight excluding hydrogens is 350 g/mol. The van der Waals surface area contributed by atoms with Gasteiger partial charge < -0.3 is 15.4 Å². The van der Waals surface area contributed by atoms with E-state index in [9.17, 15) is 4.79 Å². The molecule has 0 spiro atoms. The quantitative estimate of drug-likeness (QED) is 0.539. The topological polar surface area (TPSA) is 63.2 Å². The fraction of sp³-hybridized carbons (Fsp3) is 0.217. The van der Waals surface area contributed by atoms with E-state index in [1.165, 1.54) is 0 Å². The molecule has 0 fully saturated rings. The molecule has 1 heterocycles. The van der Waals surface area contributed by atoms with Crippen LogP contribution in [0.15, 0.2) is 72.9 Å². The first-order chi connectivity index (χ1) is 13.6. The number of pyridine rings is 1. The van der Waals surface area contributed by atoms with Crippen LogP contribution in [0.2, 0.25) is 0 Å². The zero-order valence-corrected chi connectivity index (χ0v) is 16.2. The first kappa shape index (κ1) is 19.4. The number of benzene rings is 2. The minimum absolute atomic E-state index is 0.281. The number of aromatic nitrogens is 1. The Bertz CT molecular complexity index is 910. The van der Waals surface area contributed by atoms with Gasteiger partial charge in [0.1, 0.15) is 11.4 Å². The average molecular weight is 375 g/mol. The van der Waals surface area contributed by atoms with Gasteiger partial charge in [0.05, 0.1) is 5.69 Å². The number of carbonyl (C=O) groups is 1. The third kappa shape index (κ3) is 5.58. The normalized spacial score (nSPS) is 10.5. The second kappa shape index (κ2) is 9.55. The lowest BCUT2D eigenvalue weighted by Gasteiger charge is -2.13. The molecule has 0 radical (unpaired) electrons. The zero-order chi connectivity index (χ0) is 19.8. The molecule has 0 saturated carbocycles. The Morgan fingerprint density at radius 2 is 1.79 bits per heavy atom. The van der Waals surface area contributed by atoms with Crippen molar-refractivity contribution < 1.29 is 9.53 Å². The van der Waals surface area contributed by atoms with Crippen molar-refractivity contribution in [1.82, 2.24) is 4.98 Å². The average Bonchev–Trinajstić information content (AvgIpc) is 2.70. The Hall–Kier alpha value is -3.34. The van der Waals surface area contributed by atoms with Crippen LogP contribution in [0, 0.1) is 5.92 Å². The van der Waals surface area contributed by atoms with E-state index in [2.05, 4.69) is 29.5 Å². The van der Waals surface area contributed by atoms with Crippen molar-refractivity contribution in [3.05, 3.63) is 78.6 Å². The second-order valence-electron chi connectivity index (χ2n) is 6.90. The van der Waals surface area contributed by atoms with Crippen LogP contribution in [0.5, 0.6) is 11.5 Å². The summed E-state index contributed by atoms with van der Waals surface area (Å²) in [5, 5.41) is 6.23. The maximum Gasteiger partial charge on any atom is 0.274 e. The van der Waals surface area contributed by atoms with Crippen LogP contribution >= 0.6 is 0 Å². The molecule has 0 aliphatic carbocycles. The summed E-state index contributed by atoms with van der Waals surface area (Å²) in [5.41, 5.74) is 1.83. The number of ether oxygens (including phenoxy) is 1. The van der Waals surface area contributed by atoms with E-state index in [1.807, 2.05) is 54.6 Å². The van der Waals surface area contributed by atoms with Crippen molar-refractivity contribution in [2.24, 2.45) is 5.92 Å². The third-order valence-corrected chi connectivity index (χ3v) is 4.15. The Labute approximate surface area is 165 Å². The number of anilines is 2. The highest BCUT2D eigenvalue weighted by atomic mass is 16.5. The van der Waals surface area contributed by atoms with Gasteiger partial charge in [-0.05, 0) is 48.7 Å². The van der Waals surface area contributed by atoms with Crippen LogP contribution in [-0.2, 0) is 0 Å². The van der Waals surface area contributed by atoms with Gasteiger partial charge in [-0.3, -0.25) is 9.78 Å². The van der Waals surface area contributed by atoms with Crippen molar-refractivity contribution in [3.63, 3.8) is 0 Å². The lowest BCUT2D eigenvalue weighted by atomic mass is 10.1. The number of amides is 1. The SMILES string of the molecule is CC(C)CCNc1ccnc(C(=O)Nc2ccccc2Oc2ccccc2)c1. The van der Waals surface area contributed by atoms with Gasteiger partial charge in [0.25, 0.3) is 5.91 Å². The monoisotopic (exact) mass is 375 g/mol. The smallest absolute Gasteiger partial charge is 0.274 e. The van der Waals surface area contributed by atoms with Gasteiger partial charge in [0.15, 0.2) is 5.75 Å². The maximum atomic E-state index is 12.7. The number of hydrogen-bond acceptors (Lipinski definition) is 4. The van der Waals surface area contributed by atoms with E-state index < -0.39 is 0 Å². The molecule has 5 nitrogen and oxygen atoms in total. The Morgan fingerprint density at radius 3 is 2.57 bits per heavy atom. The molecular formula is C23H25N3O2. The van der Waals surface area contributed by atoms with Gasteiger partial charge in [-0.1, -0.05) is 44.2 Å². The van der Waals surface area contributed by atoms with Crippen molar-refractivity contribution in [2.45, 2.75) is 20.3 Å². The molecule has 0 saturated heterocycles. The van der Waals surface area contributed by atoms with Gasteiger partial charge in [0, 0.05) is 18.4 Å². The third-order valence-electron chi connectivity index (χ3n) is 4.15. The molecule has 0 aliphatic heterocycles. The molecule has 5 heteroatoms. The van der Waals surface area contributed by atoms with Crippen molar-refractivity contribution in [1.29, 1.82) is 0 Å². The lowest BCUT2D eigenvalue weighted by Crippen LogP contribution is -2.15. The summed E-state index contributed by atoms with van der Waals surface area (Å²) in [6.45, 7) is 5.22. The zero-order valence-electron chi connectivity index (χ0n) is 16.2. The number of rotatable bonds is 8. The van der Waals surface area contributed by atoms with Crippen LogP contribution in [0.4, 0.5) is 11.4 Å². The van der Waals surface area contributed by atoms with Crippen LogP contribution in [0.25, 0.3) is 0 Å². The molecule has 2 aromatic carbocycles. The summed E-state index contributed by atoms with van der Waals surface area (Å²) in [6.07, 6.45) is 2.70. The lowest BCUT2D eigenvalue weighted by molar-refractivity contribution is 0.102. The molecule has 2 N–H and O–H groups in total.